The number of phenols is 1. The largest absolute Gasteiger partial charge is 0.508 e. The Labute approximate surface area is 355 Å². The summed E-state index contributed by atoms with van der Waals surface area (Å²) in [6, 6.07) is 12.0. The fourth-order valence-electron chi connectivity index (χ4n) is 6.57. The van der Waals surface area contributed by atoms with Crippen LogP contribution in [0.3, 0.4) is 0 Å². The molecular weight excluding hydrogens is 919 g/mol. The standard InChI is InChI=1S/C34H32N7O20P3/c35-29-26-30(39-13-38-29)41(14-40-26)32-28(27(44)24(58-32)12-56-63(52,53)61-64(54,55)60-62(49,50)51)59-34(48)37-8-7-36-31(45)15-1-4-18(21(9-15)33(46)47)25-19-5-2-16(42)10-22(19)57-23-11-17(43)3-6-20(23)25/h1-6,9-11,13-14,24,27-28,32,42,44H,7-8,12H2,(H,36,45)(H,37,48)(H,46,47)(H,52,53)(H,54,55)(H2,35,38,39)(H2,49,50,51)/t24-,27-,28-,32-/m1/s1. The van der Waals surface area contributed by atoms with Gasteiger partial charge in [0.1, 0.15) is 41.1 Å². The number of phenolic OH excluding ortho intramolecular Hbond substituents is 1. The fourth-order valence-corrected chi connectivity index (χ4v) is 9.60. The SMILES string of the molecule is Nc1ncnc2c1ncn2[C@@H]1O[C@H](COP(=O)(O)OP(=O)(O)OP(=O)(O)O)[C@@H](O)[C@H]1OC(=O)NCCNC(=O)c1ccc(-c2c3ccc(=O)cc-3oc3cc(O)ccc23)c(C(=O)O)c1. The smallest absolute Gasteiger partial charge is 0.490 e. The Morgan fingerprint density at radius 1 is 0.891 bits per heavy atom. The van der Waals surface area contributed by atoms with E-state index in [1.54, 1.807) is 0 Å². The van der Waals surface area contributed by atoms with Crippen LogP contribution in [-0.2, 0) is 36.3 Å². The molecule has 4 heterocycles. The van der Waals surface area contributed by atoms with Crippen LogP contribution in [0.25, 0.3) is 44.6 Å². The minimum absolute atomic E-state index is 0.00755. The van der Waals surface area contributed by atoms with Crippen LogP contribution in [0.2, 0.25) is 0 Å². The first-order valence-electron chi connectivity index (χ1n) is 17.9. The van der Waals surface area contributed by atoms with Gasteiger partial charge < -0.3 is 65.2 Å². The summed E-state index contributed by atoms with van der Waals surface area (Å²) in [7, 11) is -17.3. The van der Waals surface area contributed by atoms with Gasteiger partial charge in [0.05, 0.1) is 18.5 Å². The van der Waals surface area contributed by atoms with Crippen molar-refractivity contribution in [3.63, 3.8) is 0 Å². The van der Waals surface area contributed by atoms with Crippen LogP contribution in [-0.4, -0.2) is 110 Å². The van der Waals surface area contributed by atoms with E-state index in [-0.39, 0.29) is 69.3 Å². The van der Waals surface area contributed by atoms with Crippen molar-refractivity contribution in [2.75, 3.05) is 25.4 Å². The number of anilines is 1. The number of benzene rings is 3. The van der Waals surface area contributed by atoms with Crippen LogP contribution < -0.4 is 21.8 Å². The Balaban J connectivity index is 1.03. The predicted molar refractivity (Wildman–Crippen MR) is 213 cm³/mol. The van der Waals surface area contributed by atoms with Gasteiger partial charge in [-0.1, -0.05) is 6.07 Å². The van der Waals surface area contributed by atoms with Gasteiger partial charge in [-0.05, 0) is 42.0 Å². The van der Waals surface area contributed by atoms with Crippen LogP contribution in [0.15, 0.2) is 76.5 Å². The molecule has 11 N–H and O–H groups in total. The van der Waals surface area contributed by atoms with Gasteiger partial charge in [-0.15, -0.1) is 0 Å². The maximum absolute atomic E-state index is 13.2. The van der Waals surface area contributed by atoms with E-state index < -0.39 is 72.6 Å². The molecule has 338 valence electrons. The summed E-state index contributed by atoms with van der Waals surface area (Å²) in [5.74, 6) is -2.25. The number of imidazole rings is 1. The molecule has 3 aliphatic rings. The molecule has 2 aliphatic heterocycles. The van der Waals surface area contributed by atoms with Gasteiger partial charge in [0.25, 0.3) is 5.91 Å². The highest BCUT2D eigenvalue weighted by Gasteiger charge is 2.50. The maximum atomic E-state index is 13.2. The Hall–Kier alpha value is -6.18. The number of aromatic carboxylic acids is 1. The lowest BCUT2D eigenvalue weighted by Gasteiger charge is -2.22. The number of nitrogens with two attached hydrogens (primary N) is 1. The van der Waals surface area contributed by atoms with Gasteiger partial charge in [-0.2, -0.15) is 8.62 Å². The Kier molecular flexibility index (Phi) is 12.7. The summed E-state index contributed by atoms with van der Waals surface area (Å²) in [6.07, 6.45) is -5.86. The van der Waals surface area contributed by atoms with Gasteiger partial charge in [0.2, 0.25) is 0 Å². The number of rotatable bonds is 15. The molecular formula is C34H32N7O20P3. The average Bonchev–Trinajstić information content (AvgIpc) is 3.77. The highest BCUT2D eigenvalue weighted by Crippen LogP contribution is 2.66. The van der Waals surface area contributed by atoms with E-state index in [0.29, 0.717) is 16.5 Å². The second-order valence-corrected chi connectivity index (χ2v) is 17.9. The number of phosphoric acid groups is 3. The minimum Gasteiger partial charge on any atom is -0.508 e. The van der Waals surface area contributed by atoms with E-state index >= 15 is 0 Å². The van der Waals surface area contributed by atoms with E-state index in [2.05, 4.69) is 38.7 Å². The Morgan fingerprint density at radius 3 is 2.36 bits per heavy atom. The predicted octanol–water partition coefficient (Wildman–Crippen LogP) is 1.82. The first kappa shape index (κ1) is 45.8. The average molecular weight is 952 g/mol. The summed E-state index contributed by atoms with van der Waals surface area (Å²) in [4.78, 5) is 99.8. The number of hydrogen-bond donors (Lipinski definition) is 10. The zero-order valence-corrected chi connectivity index (χ0v) is 34.6. The topological polar surface area (TPSA) is 414 Å². The van der Waals surface area contributed by atoms with Gasteiger partial charge in [-0.25, -0.2) is 38.2 Å². The summed E-state index contributed by atoms with van der Waals surface area (Å²) < 4.78 is 65.2. The van der Waals surface area contributed by atoms with E-state index in [1.165, 1.54) is 48.5 Å². The number of aliphatic hydroxyl groups excluding tert-OH is 1. The van der Waals surface area contributed by atoms with E-state index in [1.807, 2.05) is 0 Å². The number of carboxylic acid groups (broad SMARTS) is 1. The van der Waals surface area contributed by atoms with Gasteiger partial charge in [0, 0.05) is 47.3 Å². The van der Waals surface area contributed by atoms with Crippen molar-refractivity contribution in [1.82, 2.24) is 30.2 Å². The van der Waals surface area contributed by atoms with Gasteiger partial charge >= 0.3 is 35.5 Å². The number of carbonyl (C=O) groups is 3. The number of aliphatic hydroxyl groups is 1. The molecule has 0 spiro atoms. The van der Waals surface area contributed by atoms with Crippen molar-refractivity contribution in [3.8, 4) is 28.2 Å². The second kappa shape index (κ2) is 17.8. The molecule has 1 saturated heterocycles. The van der Waals surface area contributed by atoms with Crippen molar-refractivity contribution >= 4 is 69.4 Å². The third-order valence-electron chi connectivity index (χ3n) is 9.17. The molecule has 2 aromatic carbocycles. The lowest BCUT2D eigenvalue weighted by molar-refractivity contribution is -0.0522. The van der Waals surface area contributed by atoms with E-state index in [4.69, 9.17) is 29.4 Å². The van der Waals surface area contributed by atoms with Crippen LogP contribution >= 0.6 is 23.5 Å². The summed E-state index contributed by atoms with van der Waals surface area (Å²) in [6.45, 7) is -1.70. The quantitative estimate of drug-likeness (QED) is 0.0398. The molecule has 1 fully saturated rings. The van der Waals surface area contributed by atoms with Crippen LogP contribution in [0.5, 0.6) is 5.75 Å². The van der Waals surface area contributed by atoms with E-state index in [9.17, 15) is 58.0 Å². The monoisotopic (exact) mass is 951 g/mol. The van der Waals surface area contributed by atoms with Crippen LogP contribution in [0.4, 0.5) is 10.6 Å². The summed E-state index contributed by atoms with van der Waals surface area (Å²) in [5.41, 5.74) is 6.21. The number of nitrogen functional groups attached to an aromatic ring is 1. The van der Waals surface area contributed by atoms with E-state index in [0.717, 1.165) is 23.3 Å². The maximum Gasteiger partial charge on any atom is 0.490 e. The zero-order chi connectivity index (χ0) is 46.3. The molecule has 6 atom stereocenters. The molecule has 0 radical (unpaired) electrons. The van der Waals surface area contributed by atoms with Crippen LogP contribution in [0, 0.1) is 0 Å². The molecule has 2 unspecified atom stereocenters. The molecule has 0 saturated carbocycles. The highest BCUT2D eigenvalue weighted by atomic mass is 31.3. The number of carboxylic acids is 1. The number of alkyl carbamates (subject to hydrolysis) is 1. The molecule has 27 nitrogen and oxygen atoms in total. The Bertz CT molecular complexity index is 3000. The minimum atomic E-state index is -5.89. The highest BCUT2D eigenvalue weighted by molar-refractivity contribution is 7.66. The number of aromatic nitrogens is 4. The summed E-state index contributed by atoms with van der Waals surface area (Å²) >= 11 is 0. The van der Waals surface area contributed by atoms with Crippen molar-refractivity contribution in [3.05, 3.63) is 88.6 Å². The molecule has 2 aromatic heterocycles. The third kappa shape index (κ3) is 10.1. The molecule has 0 bridgehead atoms. The zero-order valence-electron chi connectivity index (χ0n) is 31.9. The number of hydrogen-bond acceptors (Lipinski definition) is 19. The van der Waals surface area contributed by atoms with Gasteiger partial charge in [-0.3, -0.25) is 18.7 Å². The Morgan fingerprint density at radius 2 is 1.62 bits per heavy atom. The number of fused-ring (bicyclic) bond motifs is 3. The van der Waals surface area contributed by atoms with Crippen molar-refractivity contribution in [2.24, 2.45) is 0 Å². The lowest BCUT2D eigenvalue weighted by atomic mass is 9.90. The molecule has 30 heteroatoms. The lowest BCUT2D eigenvalue weighted by Crippen LogP contribution is -2.41. The number of nitrogens with zero attached hydrogens (tertiary/aromatic N) is 4. The third-order valence-corrected chi connectivity index (χ3v) is 13.0. The first-order valence-corrected chi connectivity index (χ1v) is 22.5. The van der Waals surface area contributed by atoms with Gasteiger partial charge in [0.15, 0.2) is 29.2 Å². The second-order valence-electron chi connectivity index (χ2n) is 13.5. The normalized spacial score (nSPS) is 19.6. The number of ether oxygens (including phenoxy) is 2. The van der Waals surface area contributed by atoms with Crippen molar-refractivity contribution in [1.29, 1.82) is 0 Å². The first-order chi connectivity index (χ1) is 30.1. The molecule has 1 aliphatic carbocycles. The molecule has 2 amide bonds. The summed E-state index contributed by atoms with van der Waals surface area (Å²) in [5, 5.41) is 36.7. The molecule has 64 heavy (non-hydrogen) atoms. The number of amides is 2. The van der Waals surface area contributed by atoms with Crippen LogP contribution in [0.1, 0.15) is 26.9 Å². The van der Waals surface area contributed by atoms with Crippen molar-refractivity contribution in [2.45, 2.75) is 24.5 Å². The number of nitrogens with one attached hydrogen (secondary N) is 2. The molecule has 7 rings (SSSR count). The van der Waals surface area contributed by atoms with Crippen molar-refractivity contribution < 1.29 is 90.0 Å². The number of phosphoric ester groups is 1. The number of carbonyl (C=O) groups excluding carboxylic acids is 2. The fraction of sp³-hybridized carbons (Fsp3) is 0.206. The molecule has 4 aromatic rings. The number of aromatic hydroxyl groups is 1.